The van der Waals surface area contributed by atoms with Crippen LogP contribution in [0.4, 0.5) is 5.69 Å². The van der Waals surface area contributed by atoms with E-state index in [4.69, 9.17) is 16.3 Å². The number of carbonyl (C=O) groups is 1. The normalized spacial score (nSPS) is 12.0. The maximum Gasteiger partial charge on any atom is 0.238 e. The summed E-state index contributed by atoms with van der Waals surface area (Å²) >= 11 is 6.06. The van der Waals surface area contributed by atoms with Crippen molar-refractivity contribution in [2.75, 3.05) is 26.0 Å². The van der Waals surface area contributed by atoms with Crippen LogP contribution in [0.25, 0.3) is 0 Å². The van der Waals surface area contributed by atoms with Crippen molar-refractivity contribution < 1.29 is 9.53 Å². The molecule has 0 fully saturated rings. The van der Waals surface area contributed by atoms with Crippen LogP contribution in [0, 0.1) is 0 Å². The second-order valence-electron chi connectivity index (χ2n) is 5.27. The first kappa shape index (κ1) is 17.2. The van der Waals surface area contributed by atoms with Crippen LogP contribution in [-0.2, 0) is 4.79 Å². The van der Waals surface area contributed by atoms with Crippen molar-refractivity contribution in [3.05, 3.63) is 53.3 Å². The molecule has 0 aliphatic rings. The lowest BCUT2D eigenvalue weighted by atomic mass is 10.1. The van der Waals surface area contributed by atoms with Crippen LogP contribution >= 0.6 is 11.6 Å². The highest BCUT2D eigenvalue weighted by molar-refractivity contribution is 6.32. The van der Waals surface area contributed by atoms with Crippen LogP contribution in [0.3, 0.4) is 0 Å². The smallest absolute Gasteiger partial charge is 0.238 e. The minimum absolute atomic E-state index is 0.0916. The van der Waals surface area contributed by atoms with Gasteiger partial charge in [0.2, 0.25) is 5.91 Å². The van der Waals surface area contributed by atoms with Gasteiger partial charge in [-0.3, -0.25) is 14.7 Å². The van der Waals surface area contributed by atoms with E-state index in [2.05, 4.69) is 10.3 Å². The van der Waals surface area contributed by atoms with Gasteiger partial charge >= 0.3 is 0 Å². The summed E-state index contributed by atoms with van der Waals surface area (Å²) in [6, 6.07) is 9.12. The van der Waals surface area contributed by atoms with Crippen molar-refractivity contribution >= 4 is 23.2 Å². The summed E-state index contributed by atoms with van der Waals surface area (Å²) in [5, 5.41) is 3.30. The van der Waals surface area contributed by atoms with Gasteiger partial charge in [-0.05, 0) is 43.8 Å². The number of pyridine rings is 1. The van der Waals surface area contributed by atoms with Crippen molar-refractivity contribution in [3.8, 4) is 5.75 Å². The third-order valence-electron chi connectivity index (χ3n) is 3.66. The van der Waals surface area contributed by atoms with E-state index >= 15 is 0 Å². The van der Waals surface area contributed by atoms with E-state index in [1.807, 2.05) is 37.2 Å². The van der Waals surface area contributed by atoms with Gasteiger partial charge in [0.25, 0.3) is 0 Å². The molecule has 1 amide bonds. The highest BCUT2D eigenvalue weighted by Crippen LogP contribution is 2.27. The van der Waals surface area contributed by atoms with Gasteiger partial charge in [-0.15, -0.1) is 0 Å². The highest BCUT2D eigenvalue weighted by Gasteiger charge is 2.15. The Bertz CT molecular complexity index is 664. The molecular formula is C17H20ClN3O2. The van der Waals surface area contributed by atoms with Crippen molar-refractivity contribution in [1.82, 2.24) is 9.88 Å². The number of amides is 1. The Morgan fingerprint density at radius 3 is 2.83 bits per heavy atom. The predicted octanol–water partition coefficient (Wildman–Crippen LogP) is 3.38. The van der Waals surface area contributed by atoms with Crippen LogP contribution in [0.15, 0.2) is 42.7 Å². The second-order valence-corrected chi connectivity index (χ2v) is 5.68. The highest BCUT2D eigenvalue weighted by atomic mass is 35.5. The number of hydrogen-bond donors (Lipinski definition) is 1. The van der Waals surface area contributed by atoms with E-state index in [1.165, 1.54) is 0 Å². The van der Waals surface area contributed by atoms with Crippen molar-refractivity contribution in [3.63, 3.8) is 0 Å². The van der Waals surface area contributed by atoms with E-state index in [0.29, 0.717) is 16.5 Å². The number of nitrogens with one attached hydrogen (secondary N) is 1. The minimum Gasteiger partial charge on any atom is -0.495 e. The largest absolute Gasteiger partial charge is 0.495 e. The second kappa shape index (κ2) is 7.94. The SMILES string of the molecule is COc1ccc(NC(=O)CN(C)[C@@H](C)c2cccnc2)cc1Cl. The summed E-state index contributed by atoms with van der Waals surface area (Å²) in [5.41, 5.74) is 1.71. The summed E-state index contributed by atoms with van der Waals surface area (Å²) in [7, 11) is 3.45. The van der Waals surface area contributed by atoms with E-state index in [0.717, 1.165) is 5.56 Å². The molecule has 0 radical (unpaired) electrons. The molecule has 2 aromatic rings. The first-order valence-corrected chi connectivity index (χ1v) is 7.62. The van der Waals surface area contributed by atoms with Gasteiger partial charge in [0, 0.05) is 24.1 Å². The molecule has 0 bridgehead atoms. The van der Waals surface area contributed by atoms with Gasteiger partial charge in [0.15, 0.2) is 0 Å². The van der Waals surface area contributed by atoms with Gasteiger partial charge in [-0.25, -0.2) is 0 Å². The minimum atomic E-state index is -0.107. The van der Waals surface area contributed by atoms with Crippen molar-refractivity contribution in [2.45, 2.75) is 13.0 Å². The molecule has 0 spiro atoms. The first-order chi connectivity index (χ1) is 11.0. The summed E-state index contributed by atoms with van der Waals surface area (Å²) in [5.74, 6) is 0.469. The first-order valence-electron chi connectivity index (χ1n) is 7.25. The van der Waals surface area contributed by atoms with E-state index in [9.17, 15) is 4.79 Å². The molecule has 1 aromatic heterocycles. The lowest BCUT2D eigenvalue weighted by molar-refractivity contribution is -0.117. The van der Waals surface area contributed by atoms with Gasteiger partial charge in [0.05, 0.1) is 18.7 Å². The Labute approximate surface area is 141 Å². The molecule has 6 heteroatoms. The Morgan fingerprint density at radius 1 is 1.43 bits per heavy atom. The fourth-order valence-electron chi connectivity index (χ4n) is 2.19. The Morgan fingerprint density at radius 2 is 2.22 bits per heavy atom. The Kier molecular flexibility index (Phi) is 5.96. The van der Waals surface area contributed by atoms with Crippen LogP contribution in [0.1, 0.15) is 18.5 Å². The topological polar surface area (TPSA) is 54.5 Å². The average molecular weight is 334 g/mol. The number of anilines is 1. The molecule has 0 saturated carbocycles. The van der Waals surface area contributed by atoms with E-state index in [-0.39, 0.29) is 18.5 Å². The third kappa shape index (κ3) is 4.68. The number of nitrogens with zero attached hydrogens (tertiary/aromatic N) is 2. The van der Waals surface area contributed by atoms with Gasteiger partial charge in [-0.2, -0.15) is 0 Å². The van der Waals surface area contributed by atoms with Gasteiger partial charge < -0.3 is 10.1 Å². The number of methoxy groups -OCH3 is 1. The zero-order chi connectivity index (χ0) is 16.8. The summed E-state index contributed by atoms with van der Waals surface area (Å²) in [6.07, 6.45) is 3.54. The molecule has 0 saturated heterocycles. The molecule has 5 nitrogen and oxygen atoms in total. The molecule has 1 aromatic carbocycles. The number of carbonyl (C=O) groups excluding carboxylic acids is 1. The number of benzene rings is 1. The number of halogens is 1. The lowest BCUT2D eigenvalue weighted by Gasteiger charge is -2.24. The molecular weight excluding hydrogens is 314 g/mol. The molecule has 122 valence electrons. The number of ether oxygens (including phenoxy) is 1. The number of aromatic nitrogens is 1. The molecule has 2 rings (SSSR count). The molecule has 1 atom stereocenters. The molecule has 23 heavy (non-hydrogen) atoms. The molecule has 1 N–H and O–H groups in total. The number of likely N-dealkylation sites (N-methyl/N-ethyl adjacent to an activating group) is 1. The van der Waals surface area contributed by atoms with Crippen LogP contribution in [-0.4, -0.2) is 36.5 Å². The fraction of sp³-hybridized carbons (Fsp3) is 0.294. The fourth-order valence-corrected chi connectivity index (χ4v) is 2.44. The van der Waals surface area contributed by atoms with Crippen molar-refractivity contribution in [1.29, 1.82) is 0 Å². The summed E-state index contributed by atoms with van der Waals surface area (Å²) < 4.78 is 5.09. The van der Waals surface area contributed by atoms with Gasteiger partial charge in [-0.1, -0.05) is 17.7 Å². The summed E-state index contributed by atoms with van der Waals surface area (Å²) in [6.45, 7) is 2.30. The standard InChI is InChI=1S/C17H20ClN3O2/c1-12(13-5-4-8-19-10-13)21(2)11-17(22)20-14-6-7-16(23-3)15(18)9-14/h4-10,12H,11H2,1-3H3,(H,20,22)/t12-/m0/s1. The van der Waals surface area contributed by atoms with Gasteiger partial charge in [0.1, 0.15) is 5.75 Å². The molecule has 0 unspecified atom stereocenters. The predicted molar refractivity (Wildman–Crippen MR) is 91.9 cm³/mol. The van der Waals surface area contributed by atoms with Crippen LogP contribution in [0.5, 0.6) is 5.75 Å². The van der Waals surface area contributed by atoms with E-state index in [1.54, 1.807) is 31.5 Å². The quantitative estimate of drug-likeness (QED) is 0.880. The number of hydrogen-bond acceptors (Lipinski definition) is 4. The number of rotatable bonds is 6. The van der Waals surface area contributed by atoms with E-state index < -0.39 is 0 Å². The lowest BCUT2D eigenvalue weighted by Crippen LogP contribution is -2.32. The van der Waals surface area contributed by atoms with Crippen LogP contribution in [0.2, 0.25) is 5.02 Å². The average Bonchev–Trinajstić information content (AvgIpc) is 2.55. The molecule has 0 aliphatic heterocycles. The zero-order valence-corrected chi connectivity index (χ0v) is 14.2. The summed E-state index contributed by atoms with van der Waals surface area (Å²) in [4.78, 5) is 18.2. The Balaban J connectivity index is 1.95. The third-order valence-corrected chi connectivity index (χ3v) is 3.95. The monoisotopic (exact) mass is 333 g/mol. The molecule has 1 heterocycles. The van der Waals surface area contributed by atoms with Crippen LogP contribution < -0.4 is 10.1 Å². The molecule has 0 aliphatic carbocycles. The van der Waals surface area contributed by atoms with Crippen molar-refractivity contribution in [2.24, 2.45) is 0 Å². The maximum absolute atomic E-state index is 12.2. The maximum atomic E-state index is 12.2. The Hall–Kier alpha value is -2.11. The zero-order valence-electron chi connectivity index (χ0n) is 13.4.